The standard InChI is InChI=1S/C12H18N4O3/c1-7(8(2)17)5-16-11(18)9-10(13-6-14(9)3)15(4)12(16)19/h6-8,17H,5H2,1-4H3. The van der Waals surface area contributed by atoms with Crippen LogP contribution in [0, 0.1) is 5.92 Å². The topological polar surface area (TPSA) is 82.1 Å². The van der Waals surface area contributed by atoms with Gasteiger partial charge in [-0.25, -0.2) is 9.78 Å². The predicted molar refractivity (Wildman–Crippen MR) is 71.1 cm³/mol. The molecule has 19 heavy (non-hydrogen) atoms. The normalized spacial score (nSPS) is 14.8. The Bertz CT molecular complexity index is 723. The summed E-state index contributed by atoms with van der Waals surface area (Å²) in [6.07, 6.45) is 0.923. The second-order valence-electron chi connectivity index (χ2n) is 5.00. The number of nitrogens with zero attached hydrogens (tertiary/aromatic N) is 4. The highest BCUT2D eigenvalue weighted by Crippen LogP contribution is 2.06. The number of fused-ring (bicyclic) bond motifs is 1. The minimum atomic E-state index is -0.584. The van der Waals surface area contributed by atoms with E-state index < -0.39 is 11.8 Å². The molecule has 104 valence electrons. The molecule has 2 atom stereocenters. The Labute approximate surface area is 109 Å². The van der Waals surface area contributed by atoms with Gasteiger partial charge in [0, 0.05) is 20.6 Å². The smallest absolute Gasteiger partial charge is 0.332 e. The Morgan fingerprint density at radius 2 is 1.95 bits per heavy atom. The average Bonchev–Trinajstić information content (AvgIpc) is 2.73. The van der Waals surface area contributed by atoms with E-state index in [0.717, 1.165) is 4.57 Å². The molecule has 0 fully saturated rings. The van der Waals surface area contributed by atoms with Crippen LogP contribution in [0.1, 0.15) is 13.8 Å². The summed E-state index contributed by atoms with van der Waals surface area (Å²) in [6.45, 7) is 3.62. The largest absolute Gasteiger partial charge is 0.393 e. The van der Waals surface area contributed by atoms with Gasteiger partial charge in [-0.15, -0.1) is 0 Å². The first-order chi connectivity index (χ1) is 8.84. The van der Waals surface area contributed by atoms with Crippen LogP contribution < -0.4 is 11.2 Å². The number of imidazole rings is 1. The van der Waals surface area contributed by atoms with E-state index >= 15 is 0 Å². The number of aliphatic hydroxyl groups is 1. The van der Waals surface area contributed by atoms with Crippen LogP contribution in [0.5, 0.6) is 0 Å². The molecule has 2 aromatic rings. The maximum Gasteiger partial charge on any atom is 0.332 e. The number of hydrogen-bond donors (Lipinski definition) is 1. The van der Waals surface area contributed by atoms with E-state index in [1.54, 1.807) is 32.5 Å². The Morgan fingerprint density at radius 3 is 2.53 bits per heavy atom. The second-order valence-corrected chi connectivity index (χ2v) is 5.00. The zero-order valence-corrected chi connectivity index (χ0v) is 11.5. The van der Waals surface area contributed by atoms with Gasteiger partial charge >= 0.3 is 5.69 Å². The van der Waals surface area contributed by atoms with Crippen LogP contribution in [0.2, 0.25) is 0 Å². The first-order valence-corrected chi connectivity index (χ1v) is 6.13. The van der Waals surface area contributed by atoms with E-state index in [-0.39, 0.29) is 18.0 Å². The monoisotopic (exact) mass is 266 g/mol. The van der Waals surface area contributed by atoms with Gasteiger partial charge in [0.15, 0.2) is 11.2 Å². The molecule has 2 heterocycles. The van der Waals surface area contributed by atoms with E-state index in [0.29, 0.717) is 11.2 Å². The summed E-state index contributed by atoms with van der Waals surface area (Å²) in [5.74, 6) is -0.184. The van der Waals surface area contributed by atoms with Crippen LogP contribution in [-0.4, -0.2) is 29.9 Å². The molecule has 2 unspecified atom stereocenters. The van der Waals surface area contributed by atoms with Crippen molar-refractivity contribution in [1.82, 2.24) is 18.7 Å². The molecule has 0 amide bonds. The molecule has 0 aliphatic heterocycles. The second kappa shape index (κ2) is 4.65. The van der Waals surface area contributed by atoms with Crippen LogP contribution in [0.25, 0.3) is 11.2 Å². The minimum Gasteiger partial charge on any atom is -0.393 e. The lowest BCUT2D eigenvalue weighted by Gasteiger charge is -2.16. The molecule has 0 spiro atoms. The van der Waals surface area contributed by atoms with Gasteiger partial charge in [-0.05, 0) is 12.8 Å². The maximum atomic E-state index is 12.3. The summed E-state index contributed by atoms with van der Waals surface area (Å²) in [6, 6.07) is 0. The van der Waals surface area contributed by atoms with Crippen molar-refractivity contribution in [1.29, 1.82) is 0 Å². The highest BCUT2D eigenvalue weighted by Gasteiger charge is 2.18. The zero-order chi connectivity index (χ0) is 14.3. The van der Waals surface area contributed by atoms with Crippen LogP contribution in [-0.2, 0) is 20.6 Å². The van der Waals surface area contributed by atoms with Gasteiger partial charge in [0.2, 0.25) is 0 Å². The number of rotatable bonds is 3. The van der Waals surface area contributed by atoms with Gasteiger partial charge in [0.05, 0.1) is 12.4 Å². The highest BCUT2D eigenvalue weighted by atomic mass is 16.3. The molecular weight excluding hydrogens is 248 g/mol. The Balaban J connectivity index is 2.71. The Kier molecular flexibility index (Phi) is 3.32. The van der Waals surface area contributed by atoms with Crippen molar-refractivity contribution in [3.05, 3.63) is 27.2 Å². The molecule has 0 saturated heterocycles. The summed E-state index contributed by atoms with van der Waals surface area (Å²) in [5, 5.41) is 9.52. The van der Waals surface area contributed by atoms with E-state index in [4.69, 9.17) is 0 Å². The molecule has 0 aliphatic rings. The van der Waals surface area contributed by atoms with Crippen molar-refractivity contribution in [3.8, 4) is 0 Å². The Hall–Kier alpha value is -1.89. The molecule has 0 saturated carbocycles. The molecule has 7 nitrogen and oxygen atoms in total. The van der Waals surface area contributed by atoms with Crippen LogP contribution in [0.3, 0.4) is 0 Å². The summed E-state index contributed by atoms with van der Waals surface area (Å²) in [4.78, 5) is 28.6. The van der Waals surface area contributed by atoms with E-state index in [9.17, 15) is 14.7 Å². The minimum absolute atomic E-state index is 0.184. The van der Waals surface area contributed by atoms with Gasteiger partial charge in [-0.1, -0.05) is 6.92 Å². The van der Waals surface area contributed by atoms with E-state index in [2.05, 4.69) is 4.98 Å². The van der Waals surface area contributed by atoms with Crippen LogP contribution >= 0.6 is 0 Å². The maximum absolute atomic E-state index is 12.3. The first-order valence-electron chi connectivity index (χ1n) is 6.13. The van der Waals surface area contributed by atoms with Gasteiger partial charge in [-0.3, -0.25) is 13.9 Å². The third-order valence-corrected chi connectivity index (χ3v) is 3.50. The number of aliphatic hydroxyl groups excluding tert-OH is 1. The van der Waals surface area contributed by atoms with E-state index in [1.807, 2.05) is 0 Å². The molecule has 2 rings (SSSR count). The summed E-state index contributed by atoms with van der Waals surface area (Å²) < 4.78 is 4.10. The van der Waals surface area contributed by atoms with Crippen molar-refractivity contribution in [3.63, 3.8) is 0 Å². The Morgan fingerprint density at radius 1 is 1.32 bits per heavy atom. The van der Waals surface area contributed by atoms with Crippen LogP contribution in [0.4, 0.5) is 0 Å². The van der Waals surface area contributed by atoms with Crippen molar-refractivity contribution in [2.45, 2.75) is 26.5 Å². The molecule has 2 aromatic heterocycles. The van der Waals surface area contributed by atoms with Gasteiger partial charge in [0.1, 0.15) is 0 Å². The lowest BCUT2D eigenvalue weighted by Crippen LogP contribution is -2.42. The fraction of sp³-hybridized carbons (Fsp3) is 0.583. The molecular formula is C12H18N4O3. The lowest BCUT2D eigenvalue weighted by molar-refractivity contribution is 0.123. The quantitative estimate of drug-likeness (QED) is 0.808. The SMILES string of the molecule is CC(O)C(C)Cn1c(=O)c2c(ncn2C)n(C)c1=O. The van der Waals surface area contributed by atoms with Crippen molar-refractivity contribution in [2.75, 3.05) is 0 Å². The molecule has 0 radical (unpaired) electrons. The summed E-state index contributed by atoms with van der Waals surface area (Å²) in [7, 11) is 3.30. The number of aryl methyl sites for hydroxylation is 2. The fourth-order valence-electron chi connectivity index (χ4n) is 2.00. The summed E-state index contributed by atoms with van der Waals surface area (Å²) in [5.41, 5.74) is -0.0207. The van der Waals surface area contributed by atoms with Crippen molar-refractivity contribution in [2.24, 2.45) is 20.0 Å². The fourth-order valence-corrected chi connectivity index (χ4v) is 2.00. The first kappa shape index (κ1) is 13.5. The number of aromatic nitrogens is 4. The van der Waals surface area contributed by atoms with E-state index in [1.165, 1.54) is 10.9 Å². The third-order valence-electron chi connectivity index (χ3n) is 3.50. The molecule has 0 aromatic carbocycles. The van der Waals surface area contributed by atoms with Gasteiger partial charge in [-0.2, -0.15) is 0 Å². The lowest BCUT2D eigenvalue weighted by atomic mass is 10.1. The average molecular weight is 266 g/mol. The zero-order valence-electron chi connectivity index (χ0n) is 11.5. The van der Waals surface area contributed by atoms with Crippen molar-refractivity contribution >= 4 is 11.2 Å². The molecule has 1 N–H and O–H groups in total. The molecule has 0 aliphatic carbocycles. The van der Waals surface area contributed by atoms with Crippen molar-refractivity contribution < 1.29 is 5.11 Å². The summed E-state index contributed by atoms with van der Waals surface area (Å²) >= 11 is 0. The molecule has 0 bridgehead atoms. The predicted octanol–water partition coefficient (Wildman–Crippen LogP) is -0.549. The van der Waals surface area contributed by atoms with Crippen LogP contribution in [0.15, 0.2) is 15.9 Å². The number of hydrogen-bond acceptors (Lipinski definition) is 4. The van der Waals surface area contributed by atoms with Gasteiger partial charge < -0.3 is 9.67 Å². The van der Waals surface area contributed by atoms with Gasteiger partial charge in [0.25, 0.3) is 5.56 Å². The highest BCUT2D eigenvalue weighted by molar-refractivity contribution is 5.69. The third kappa shape index (κ3) is 2.10. The molecule has 7 heteroatoms.